The first-order valence-electron chi connectivity index (χ1n) is 12.2. The smallest absolute Gasteiger partial charge is 0.326 e. The zero-order valence-electron chi connectivity index (χ0n) is 19.6. The minimum atomic E-state index is -1.09. The van der Waals surface area contributed by atoms with Crippen LogP contribution in [0, 0.1) is 0 Å². The number of unbranched alkanes of at least 4 members (excludes halogenated alkanes) is 1. The number of aliphatic carboxylic acids is 1. The van der Waals surface area contributed by atoms with E-state index in [1.165, 1.54) is 5.56 Å². The lowest BCUT2D eigenvalue weighted by Crippen LogP contribution is -2.46. The number of benzene rings is 1. The average Bonchev–Trinajstić information content (AvgIpc) is 3.64. The highest BCUT2D eigenvalue weighted by Gasteiger charge is 2.54. The molecule has 2 aromatic rings. The summed E-state index contributed by atoms with van der Waals surface area (Å²) in [7, 11) is 0. The topological polar surface area (TPSA) is 101 Å². The van der Waals surface area contributed by atoms with Gasteiger partial charge in [0.15, 0.2) is 0 Å². The Morgan fingerprint density at radius 1 is 1.14 bits per heavy atom. The maximum absolute atomic E-state index is 13.0. The predicted molar refractivity (Wildman–Crippen MR) is 136 cm³/mol. The van der Waals surface area contributed by atoms with Crippen molar-refractivity contribution in [1.82, 2.24) is 10.3 Å². The Labute approximate surface area is 215 Å². The van der Waals surface area contributed by atoms with E-state index in [1.54, 1.807) is 18.2 Å². The van der Waals surface area contributed by atoms with Crippen molar-refractivity contribution in [2.75, 3.05) is 25.1 Å². The molecule has 1 fully saturated rings. The molecule has 1 atom stereocenters. The molecule has 1 aliphatic heterocycles. The highest BCUT2D eigenvalue weighted by Crippen LogP contribution is 2.53. The van der Waals surface area contributed by atoms with Crippen molar-refractivity contribution >= 4 is 40.9 Å². The minimum Gasteiger partial charge on any atom is -0.480 e. The first-order valence-corrected chi connectivity index (χ1v) is 12.9. The Morgan fingerprint density at radius 3 is 2.63 bits per heavy atom. The van der Waals surface area contributed by atoms with E-state index in [4.69, 9.17) is 32.9 Å². The summed E-state index contributed by atoms with van der Waals surface area (Å²) in [5, 5.41) is 16.5. The predicted octanol–water partition coefficient (Wildman–Crippen LogP) is 4.78. The van der Waals surface area contributed by atoms with E-state index in [2.05, 4.69) is 22.8 Å². The van der Waals surface area contributed by atoms with E-state index in [0.717, 1.165) is 50.2 Å². The number of pyridine rings is 1. The molecule has 0 radical (unpaired) electrons. The molecular formula is C26H31Cl2N3O4. The second kappa shape index (κ2) is 11.6. The summed E-state index contributed by atoms with van der Waals surface area (Å²) in [4.78, 5) is 29.4. The fourth-order valence-corrected chi connectivity index (χ4v) is 5.31. The molecule has 0 bridgehead atoms. The number of amides is 1. The van der Waals surface area contributed by atoms with Crippen LogP contribution in [0.15, 0.2) is 30.3 Å². The number of hydrogen-bond donors (Lipinski definition) is 3. The number of carboxylic acids is 1. The largest absolute Gasteiger partial charge is 0.480 e. The summed E-state index contributed by atoms with van der Waals surface area (Å²) >= 11 is 12.6. The van der Waals surface area contributed by atoms with Crippen molar-refractivity contribution in [1.29, 1.82) is 0 Å². The van der Waals surface area contributed by atoms with Gasteiger partial charge in [0, 0.05) is 47.5 Å². The first kappa shape index (κ1) is 25.7. The molecule has 1 aliphatic carbocycles. The lowest BCUT2D eigenvalue weighted by Gasteiger charge is -2.22. The van der Waals surface area contributed by atoms with E-state index in [9.17, 15) is 14.7 Å². The number of aryl methyl sites for hydroxylation is 2. The Bertz CT molecular complexity index is 1050. The van der Waals surface area contributed by atoms with Crippen LogP contribution in [-0.4, -0.2) is 47.8 Å². The number of carbonyl (C=O) groups excluding carboxylic acids is 1. The second-order valence-electron chi connectivity index (χ2n) is 9.24. The molecule has 1 aromatic heterocycles. The van der Waals surface area contributed by atoms with Crippen LogP contribution < -0.4 is 10.6 Å². The molecule has 9 heteroatoms. The number of anilines is 1. The van der Waals surface area contributed by atoms with Gasteiger partial charge in [-0.15, -0.1) is 0 Å². The van der Waals surface area contributed by atoms with Gasteiger partial charge in [-0.25, -0.2) is 9.78 Å². The van der Waals surface area contributed by atoms with Gasteiger partial charge in [-0.2, -0.15) is 0 Å². The molecule has 0 saturated heterocycles. The SMILES string of the molecule is O=C(O)[C@H](CCOCCCCc1ccc2c(n1)NCCC2)NC(=O)C1(c2c(Cl)cccc2Cl)CC1. The number of rotatable bonds is 12. The number of ether oxygens (including phenoxy) is 1. The number of carbonyl (C=O) groups is 2. The normalized spacial score (nSPS) is 16.6. The Balaban J connectivity index is 1.19. The number of nitrogens with one attached hydrogen (secondary N) is 2. The summed E-state index contributed by atoms with van der Waals surface area (Å²) < 4.78 is 5.66. The molecule has 7 nitrogen and oxygen atoms in total. The lowest BCUT2D eigenvalue weighted by molar-refractivity contribution is -0.142. The maximum atomic E-state index is 13.0. The zero-order chi connectivity index (χ0) is 24.8. The van der Waals surface area contributed by atoms with Crippen LogP contribution in [0.3, 0.4) is 0 Å². The van der Waals surface area contributed by atoms with Gasteiger partial charge < -0.3 is 20.5 Å². The van der Waals surface area contributed by atoms with Crippen LogP contribution in [0.4, 0.5) is 5.82 Å². The lowest BCUT2D eigenvalue weighted by atomic mass is 9.94. The average molecular weight is 520 g/mol. The van der Waals surface area contributed by atoms with Gasteiger partial charge in [0.2, 0.25) is 5.91 Å². The van der Waals surface area contributed by atoms with Crippen LogP contribution >= 0.6 is 23.2 Å². The van der Waals surface area contributed by atoms with Crippen molar-refractivity contribution in [2.45, 2.75) is 62.8 Å². The van der Waals surface area contributed by atoms with Crippen molar-refractivity contribution in [3.05, 3.63) is 57.2 Å². The van der Waals surface area contributed by atoms with E-state index in [1.807, 2.05) is 0 Å². The monoisotopic (exact) mass is 519 g/mol. The summed E-state index contributed by atoms with van der Waals surface area (Å²) in [6, 6.07) is 8.32. The van der Waals surface area contributed by atoms with Crippen LogP contribution in [-0.2, 0) is 32.6 Å². The quantitative estimate of drug-likeness (QED) is 0.349. The summed E-state index contributed by atoms with van der Waals surface area (Å²) in [6.45, 7) is 1.75. The number of carboxylic acid groups (broad SMARTS) is 1. The molecule has 1 saturated carbocycles. The van der Waals surface area contributed by atoms with Gasteiger partial charge >= 0.3 is 5.97 Å². The molecule has 4 rings (SSSR count). The molecule has 1 aromatic carbocycles. The Morgan fingerprint density at radius 2 is 1.91 bits per heavy atom. The third-order valence-corrected chi connectivity index (χ3v) is 7.33. The van der Waals surface area contributed by atoms with Gasteiger partial charge in [-0.05, 0) is 68.7 Å². The second-order valence-corrected chi connectivity index (χ2v) is 10.1. The van der Waals surface area contributed by atoms with Crippen LogP contribution in [0.5, 0.6) is 0 Å². The molecule has 2 heterocycles. The fraction of sp³-hybridized carbons (Fsp3) is 0.500. The minimum absolute atomic E-state index is 0.186. The standard InChI is InChI=1S/C26H31Cl2N3O4/c27-19-7-3-8-20(28)22(19)26(12-13-26)25(34)31-21(24(32)33)11-16-35-15-2-1-6-18-10-9-17-5-4-14-29-23(17)30-18/h3,7-10,21H,1-2,4-6,11-16H2,(H,29,30)(H,31,34)(H,32,33)/t21-/m0/s1. The first-order chi connectivity index (χ1) is 16.9. The number of nitrogens with zero attached hydrogens (tertiary/aromatic N) is 1. The summed E-state index contributed by atoms with van der Waals surface area (Å²) in [5.41, 5.74) is 2.07. The van der Waals surface area contributed by atoms with E-state index < -0.39 is 17.4 Å². The third kappa shape index (κ3) is 6.26. The Kier molecular flexibility index (Phi) is 8.52. The number of fused-ring (bicyclic) bond motifs is 1. The summed E-state index contributed by atoms with van der Waals surface area (Å²) in [5.74, 6) is -0.432. The van der Waals surface area contributed by atoms with E-state index in [-0.39, 0.29) is 18.9 Å². The van der Waals surface area contributed by atoms with Crippen molar-refractivity contribution in [3.63, 3.8) is 0 Å². The molecule has 1 amide bonds. The number of aromatic nitrogens is 1. The van der Waals surface area contributed by atoms with Crippen LogP contribution in [0.25, 0.3) is 0 Å². The summed E-state index contributed by atoms with van der Waals surface area (Å²) in [6.07, 6.45) is 6.24. The van der Waals surface area contributed by atoms with Gasteiger partial charge in [0.25, 0.3) is 0 Å². The highest BCUT2D eigenvalue weighted by molar-refractivity contribution is 6.36. The highest BCUT2D eigenvalue weighted by atomic mass is 35.5. The maximum Gasteiger partial charge on any atom is 0.326 e. The number of hydrogen-bond acceptors (Lipinski definition) is 5. The van der Waals surface area contributed by atoms with Gasteiger partial charge in [-0.1, -0.05) is 35.3 Å². The molecule has 0 unspecified atom stereocenters. The van der Waals surface area contributed by atoms with Crippen molar-refractivity contribution in [3.8, 4) is 0 Å². The fourth-order valence-electron chi connectivity index (χ4n) is 4.55. The van der Waals surface area contributed by atoms with Gasteiger partial charge in [0.1, 0.15) is 11.9 Å². The van der Waals surface area contributed by atoms with Crippen molar-refractivity contribution in [2.24, 2.45) is 0 Å². The van der Waals surface area contributed by atoms with E-state index >= 15 is 0 Å². The molecule has 35 heavy (non-hydrogen) atoms. The van der Waals surface area contributed by atoms with Crippen molar-refractivity contribution < 1.29 is 19.4 Å². The van der Waals surface area contributed by atoms with Crippen LogP contribution in [0.2, 0.25) is 10.0 Å². The molecule has 0 spiro atoms. The van der Waals surface area contributed by atoms with Crippen LogP contribution in [0.1, 0.15) is 55.3 Å². The third-order valence-electron chi connectivity index (χ3n) is 6.70. The molecule has 3 N–H and O–H groups in total. The van der Waals surface area contributed by atoms with Gasteiger partial charge in [0.05, 0.1) is 5.41 Å². The molecule has 2 aliphatic rings. The van der Waals surface area contributed by atoms with E-state index in [0.29, 0.717) is 35.1 Å². The van der Waals surface area contributed by atoms with Gasteiger partial charge in [-0.3, -0.25) is 4.79 Å². The zero-order valence-corrected chi connectivity index (χ0v) is 21.1. The Hall–Kier alpha value is -2.35. The number of halogens is 2. The molecular weight excluding hydrogens is 489 g/mol. The molecule has 188 valence electrons.